The molecule has 1 N–H and O–H groups in total. The van der Waals surface area contributed by atoms with Crippen molar-refractivity contribution in [1.29, 1.82) is 0 Å². The number of phenols is 1. The molecule has 3 nitrogen and oxygen atoms in total. The molecule has 0 aromatic heterocycles. The summed E-state index contributed by atoms with van der Waals surface area (Å²) in [4.78, 5) is 13.8. The second-order valence-corrected chi connectivity index (χ2v) is 5.99. The maximum absolute atomic E-state index is 12.7. The third kappa shape index (κ3) is 4.30. The molecule has 1 unspecified atom stereocenters. The van der Waals surface area contributed by atoms with Crippen LogP contribution in [0.4, 0.5) is 13.2 Å². The van der Waals surface area contributed by atoms with Crippen LogP contribution in [0, 0.1) is 5.92 Å². The number of aromatic hydroxyl groups is 1. The molecule has 0 saturated carbocycles. The molecule has 1 atom stereocenters. The van der Waals surface area contributed by atoms with E-state index in [-0.39, 0.29) is 30.4 Å². The van der Waals surface area contributed by atoms with Crippen LogP contribution in [-0.4, -0.2) is 40.9 Å². The molecule has 1 aliphatic rings. The Morgan fingerprint density at radius 2 is 2.10 bits per heavy atom. The van der Waals surface area contributed by atoms with Crippen molar-refractivity contribution in [2.24, 2.45) is 5.92 Å². The van der Waals surface area contributed by atoms with E-state index in [1.807, 2.05) is 0 Å². The third-order valence-corrected chi connectivity index (χ3v) is 4.50. The van der Waals surface area contributed by atoms with Crippen molar-refractivity contribution in [3.05, 3.63) is 24.3 Å². The number of hydrogen-bond donors (Lipinski definition) is 1. The van der Waals surface area contributed by atoms with Crippen molar-refractivity contribution in [3.8, 4) is 5.75 Å². The first kappa shape index (κ1) is 16.0. The fourth-order valence-corrected chi connectivity index (χ4v) is 3.13. The zero-order valence-corrected chi connectivity index (χ0v) is 12.1. The smallest absolute Gasteiger partial charge is 0.393 e. The van der Waals surface area contributed by atoms with E-state index in [4.69, 9.17) is 0 Å². The Kier molecular flexibility index (Phi) is 5.03. The van der Waals surface area contributed by atoms with E-state index in [9.17, 15) is 23.1 Å². The van der Waals surface area contributed by atoms with E-state index in [1.165, 1.54) is 11.0 Å². The van der Waals surface area contributed by atoms with Gasteiger partial charge in [-0.05, 0) is 25.0 Å². The van der Waals surface area contributed by atoms with Gasteiger partial charge in [-0.2, -0.15) is 13.2 Å². The fourth-order valence-electron chi connectivity index (χ4n) is 2.28. The molecular weight excluding hydrogens is 303 g/mol. The van der Waals surface area contributed by atoms with E-state index < -0.39 is 12.1 Å². The minimum absolute atomic E-state index is 0.0299. The highest BCUT2D eigenvalue weighted by molar-refractivity contribution is 8.00. The van der Waals surface area contributed by atoms with Gasteiger partial charge < -0.3 is 10.0 Å². The summed E-state index contributed by atoms with van der Waals surface area (Å²) >= 11 is 1.14. The second kappa shape index (κ2) is 6.60. The third-order valence-electron chi connectivity index (χ3n) is 3.45. The van der Waals surface area contributed by atoms with Gasteiger partial charge >= 0.3 is 6.18 Å². The number of benzene rings is 1. The predicted molar refractivity (Wildman–Crippen MR) is 74.2 cm³/mol. The maximum Gasteiger partial charge on any atom is 0.393 e. The molecule has 1 aliphatic heterocycles. The number of carbonyl (C=O) groups is 1. The lowest BCUT2D eigenvalue weighted by Crippen LogP contribution is -2.45. The van der Waals surface area contributed by atoms with E-state index in [0.29, 0.717) is 17.9 Å². The highest BCUT2D eigenvalue weighted by atomic mass is 32.2. The molecule has 7 heteroatoms. The molecule has 116 valence electrons. The van der Waals surface area contributed by atoms with Gasteiger partial charge in [-0.1, -0.05) is 12.1 Å². The van der Waals surface area contributed by atoms with Crippen molar-refractivity contribution in [1.82, 2.24) is 4.90 Å². The van der Waals surface area contributed by atoms with Crippen LogP contribution >= 0.6 is 11.8 Å². The number of likely N-dealkylation sites (tertiary alicyclic amines) is 1. The van der Waals surface area contributed by atoms with E-state index in [0.717, 1.165) is 11.8 Å². The zero-order chi connectivity index (χ0) is 15.5. The molecule has 0 radical (unpaired) electrons. The molecular formula is C14H16F3NO2S. The number of rotatable bonds is 3. The predicted octanol–water partition coefficient (Wildman–Crippen LogP) is 3.29. The SMILES string of the molecule is O=C(CSc1ccccc1O)N1CCCC(C(F)(F)F)C1. The van der Waals surface area contributed by atoms with Crippen molar-refractivity contribution < 1.29 is 23.1 Å². The van der Waals surface area contributed by atoms with Gasteiger partial charge in [-0.3, -0.25) is 4.79 Å². The average molecular weight is 319 g/mol. The van der Waals surface area contributed by atoms with Gasteiger partial charge in [0.05, 0.1) is 11.7 Å². The summed E-state index contributed by atoms with van der Waals surface area (Å²) in [5, 5.41) is 9.59. The van der Waals surface area contributed by atoms with Gasteiger partial charge in [-0.25, -0.2) is 0 Å². The number of phenolic OH excluding ortho intramolecular Hbond substituents is 1. The highest BCUT2D eigenvalue weighted by Crippen LogP contribution is 2.34. The van der Waals surface area contributed by atoms with E-state index in [1.54, 1.807) is 18.2 Å². The Morgan fingerprint density at radius 1 is 1.38 bits per heavy atom. The molecule has 1 amide bonds. The zero-order valence-electron chi connectivity index (χ0n) is 11.3. The molecule has 21 heavy (non-hydrogen) atoms. The number of carbonyl (C=O) groups excluding carboxylic acids is 1. The van der Waals surface area contributed by atoms with Gasteiger partial charge in [0.1, 0.15) is 5.75 Å². The molecule has 1 saturated heterocycles. The molecule has 0 spiro atoms. The van der Waals surface area contributed by atoms with Crippen LogP contribution in [0.5, 0.6) is 5.75 Å². The molecule has 1 aromatic carbocycles. The largest absolute Gasteiger partial charge is 0.507 e. The first-order valence-electron chi connectivity index (χ1n) is 6.63. The van der Waals surface area contributed by atoms with E-state index >= 15 is 0 Å². The summed E-state index contributed by atoms with van der Waals surface area (Å²) in [5.41, 5.74) is 0. The number of thioether (sulfide) groups is 1. The number of nitrogens with zero attached hydrogens (tertiary/aromatic N) is 1. The van der Waals surface area contributed by atoms with Crippen LogP contribution in [-0.2, 0) is 4.79 Å². The molecule has 1 heterocycles. The number of amides is 1. The van der Waals surface area contributed by atoms with Gasteiger partial charge in [0.15, 0.2) is 0 Å². The summed E-state index contributed by atoms with van der Waals surface area (Å²) in [5.74, 6) is -1.65. The Hall–Kier alpha value is -1.37. The summed E-state index contributed by atoms with van der Waals surface area (Å²) in [6.07, 6.45) is -3.79. The van der Waals surface area contributed by atoms with Gasteiger partial charge in [0, 0.05) is 18.0 Å². The summed E-state index contributed by atoms with van der Waals surface area (Å²) < 4.78 is 38.1. The lowest BCUT2D eigenvalue weighted by atomic mass is 9.97. The highest BCUT2D eigenvalue weighted by Gasteiger charge is 2.42. The van der Waals surface area contributed by atoms with Crippen molar-refractivity contribution in [2.45, 2.75) is 23.9 Å². The monoisotopic (exact) mass is 319 g/mol. The summed E-state index contributed by atoms with van der Waals surface area (Å²) in [6, 6.07) is 6.57. The molecule has 0 aliphatic carbocycles. The maximum atomic E-state index is 12.7. The van der Waals surface area contributed by atoms with Crippen molar-refractivity contribution >= 4 is 17.7 Å². The topological polar surface area (TPSA) is 40.5 Å². The van der Waals surface area contributed by atoms with Crippen LogP contribution in [0.25, 0.3) is 0 Å². The molecule has 2 rings (SSSR count). The van der Waals surface area contributed by atoms with Gasteiger partial charge in [0.2, 0.25) is 5.91 Å². The van der Waals surface area contributed by atoms with Gasteiger partial charge in [0.25, 0.3) is 0 Å². The normalized spacial score (nSPS) is 19.6. The van der Waals surface area contributed by atoms with E-state index in [2.05, 4.69) is 0 Å². The first-order valence-corrected chi connectivity index (χ1v) is 7.62. The number of piperidine rings is 1. The van der Waals surface area contributed by atoms with Crippen LogP contribution < -0.4 is 0 Å². The van der Waals surface area contributed by atoms with Crippen LogP contribution in [0.15, 0.2) is 29.2 Å². The minimum Gasteiger partial charge on any atom is -0.507 e. The van der Waals surface area contributed by atoms with Crippen LogP contribution in [0.1, 0.15) is 12.8 Å². The van der Waals surface area contributed by atoms with Crippen LogP contribution in [0.2, 0.25) is 0 Å². The number of halogens is 3. The Balaban J connectivity index is 1.90. The van der Waals surface area contributed by atoms with Crippen molar-refractivity contribution in [2.75, 3.05) is 18.8 Å². The summed E-state index contributed by atoms with van der Waals surface area (Å²) in [6.45, 7) is 0.108. The van der Waals surface area contributed by atoms with Crippen molar-refractivity contribution in [3.63, 3.8) is 0 Å². The second-order valence-electron chi connectivity index (χ2n) is 4.98. The Bertz CT molecular complexity index is 507. The Morgan fingerprint density at radius 3 is 2.76 bits per heavy atom. The summed E-state index contributed by atoms with van der Waals surface area (Å²) in [7, 11) is 0. The first-order chi connectivity index (χ1) is 9.88. The number of hydrogen-bond acceptors (Lipinski definition) is 3. The fraction of sp³-hybridized carbons (Fsp3) is 0.500. The quantitative estimate of drug-likeness (QED) is 0.869. The average Bonchev–Trinajstić information content (AvgIpc) is 2.45. The minimum atomic E-state index is -4.25. The number of para-hydroxylation sites is 1. The molecule has 1 aromatic rings. The Labute approximate surface area is 125 Å². The van der Waals surface area contributed by atoms with Gasteiger partial charge in [-0.15, -0.1) is 11.8 Å². The lowest BCUT2D eigenvalue weighted by molar-refractivity contribution is -0.187. The lowest BCUT2D eigenvalue weighted by Gasteiger charge is -2.33. The standard InChI is InChI=1S/C14H16F3NO2S/c15-14(16,17)10-4-3-7-18(8-10)13(20)9-21-12-6-2-1-5-11(12)19/h1-2,5-6,10,19H,3-4,7-9H2. The van der Waals surface area contributed by atoms with Crippen LogP contribution in [0.3, 0.4) is 0 Å². The molecule has 0 bridgehead atoms. The number of alkyl halides is 3. The molecule has 1 fully saturated rings.